The second-order valence-corrected chi connectivity index (χ2v) is 1.28. The number of rotatable bonds is 2. The molecule has 1 unspecified atom stereocenters. The van der Waals surface area contributed by atoms with Gasteiger partial charge in [-0.05, 0) is 0 Å². The molecule has 37 valence electrons. The van der Waals surface area contributed by atoms with Gasteiger partial charge in [-0.15, -0.1) is 11.6 Å². The Hall–Kier alpha value is 0.210. The standard InChI is InChI=1S/C3H6ClO2/c4-1-3(6)2-5/h3,6H,1-2H2. The van der Waals surface area contributed by atoms with Crippen LogP contribution < -0.4 is 0 Å². The average Bonchev–Trinajstić information content (AvgIpc) is 1.65. The lowest BCUT2D eigenvalue weighted by atomic mass is 10.5. The topological polar surface area (TPSA) is 40.1 Å². The van der Waals surface area contributed by atoms with Gasteiger partial charge in [0.15, 0.2) is 0 Å². The molecule has 0 aliphatic heterocycles. The number of halogens is 1. The van der Waals surface area contributed by atoms with Gasteiger partial charge in [0.2, 0.25) is 0 Å². The molecule has 0 aromatic heterocycles. The summed E-state index contributed by atoms with van der Waals surface area (Å²) in [5.41, 5.74) is 0. The molecular formula is C3H6ClO2. The van der Waals surface area contributed by atoms with Gasteiger partial charge >= 0.3 is 0 Å². The van der Waals surface area contributed by atoms with Crippen LogP contribution in [0.15, 0.2) is 0 Å². The average molecular weight is 110 g/mol. The van der Waals surface area contributed by atoms with E-state index < -0.39 is 12.7 Å². The normalized spacial score (nSPS) is 14.5. The number of alkyl halides is 1. The predicted molar refractivity (Wildman–Crippen MR) is 22.3 cm³/mol. The molecule has 0 spiro atoms. The molecule has 0 aliphatic carbocycles. The largest absolute Gasteiger partial charge is 0.389 e. The molecule has 1 atom stereocenters. The Kier molecular flexibility index (Phi) is 3.52. The quantitative estimate of drug-likeness (QED) is 0.499. The van der Waals surface area contributed by atoms with Crippen LogP contribution in [0.3, 0.4) is 0 Å². The smallest absolute Gasteiger partial charge is 0.109 e. The summed E-state index contributed by atoms with van der Waals surface area (Å²) < 4.78 is 0. The highest BCUT2D eigenvalue weighted by Crippen LogP contribution is 1.82. The fraction of sp³-hybridized carbons (Fsp3) is 1.00. The van der Waals surface area contributed by atoms with Gasteiger partial charge in [0.1, 0.15) is 6.61 Å². The van der Waals surface area contributed by atoms with Crippen LogP contribution in [0.5, 0.6) is 0 Å². The van der Waals surface area contributed by atoms with E-state index in [2.05, 4.69) is 0 Å². The van der Waals surface area contributed by atoms with Gasteiger partial charge in [0, 0.05) is 0 Å². The minimum atomic E-state index is -0.855. The molecule has 1 radical (unpaired) electrons. The van der Waals surface area contributed by atoms with E-state index in [4.69, 9.17) is 16.7 Å². The van der Waals surface area contributed by atoms with Crippen LogP contribution in [0.4, 0.5) is 0 Å². The van der Waals surface area contributed by atoms with E-state index >= 15 is 0 Å². The molecule has 0 aliphatic rings. The van der Waals surface area contributed by atoms with Crippen LogP contribution >= 0.6 is 11.6 Å². The Labute approximate surface area is 41.4 Å². The van der Waals surface area contributed by atoms with E-state index in [9.17, 15) is 5.11 Å². The number of aliphatic hydroxyl groups is 1. The van der Waals surface area contributed by atoms with Gasteiger partial charge in [-0.3, -0.25) is 0 Å². The lowest BCUT2D eigenvalue weighted by Crippen LogP contribution is -2.11. The van der Waals surface area contributed by atoms with Gasteiger partial charge in [-0.1, -0.05) is 0 Å². The van der Waals surface area contributed by atoms with E-state index in [1.54, 1.807) is 0 Å². The number of hydrogen-bond donors (Lipinski definition) is 1. The summed E-state index contributed by atoms with van der Waals surface area (Å²) in [5.74, 6) is 0.0451. The number of hydrogen-bond acceptors (Lipinski definition) is 1. The van der Waals surface area contributed by atoms with Crippen molar-refractivity contribution in [1.29, 1.82) is 0 Å². The van der Waals surface area contributed by atoms with Gasteiger partial charge < -0.3 is 5.11 Å². The predicted octanol–water partition coefficient (Wildman–Crippen LogP) is 0.0166. The van der Waals surface area contributed by atoms with Crippen LogP contribution in [0.2, 0.25) is 0 Å². The molecule has 0 saturated carbocycles. The molecule has 0 amide bonds. The van der Waals surface area contributed by atoms with Crippen molar-refractivity contribution in [3.8, 4) is 0 Å². The SMILES string of the molecule is [O]CC(O)CCl. The van der Waals surface area contributed by atoms with E-state index in [0.29, 0.717) is 0 Å². The summed E-state index contributed by atoms with van der Waals surface area (Å²) in [7, 11) is 0. The second-order valence-electron chi connectivity index (χ2n) is 0.975. The van der Waals surface area contributed by atoms with Crippen LogP contribution in [0.25, 0.3) is 0 Å². The van der Waals surface area contributed by atoms with Crippen LogP contribution in [0, 0.1) is 0 Å². The summed E-state index contributed by atoms with van der Waals surface area (Å²) in [6.07, 6.45) is -0.855. The third-order valence-electron chi connectivity index (χ3n) is 0.371. The summed E-state index contributed by atoms with van der Waals surface area (Å²) in [5, 5.41) is 17.7. The highest BCUT2D eigenvalue weighted by Gasteiger charge is 1.95. The Balaban J connectivity index is 2.75. The molecule has 6 heavy (non-hydrogen) atoms. The van der Waals surface area contributed by atoms with Gasteiger partial charge in [-0.2, -0.15) is 0 Å². The Morgan fingerprint density at radius 3 is 2.33 bits per heavy atom. The van der Waals surface area contributed by atoms with Crippen molar-refractivity contribution in [3.63, 3.8) is 0 Å². The van der Waals surface area contributed by atoms with E-state index in [0.717, 1.165) is 0 Å². The zero-order chi connectivity index (χ0) is 4.99. The molecule has 1 N–H and O–H groups in total. The first-order valence-electron chi connectivity index (χ1n) is 1.63. The van der Waals surface area contributed by atoms with E-state index in [1.165, 1.54) is 0 Å². The molecule has 0 fully saturated rings. The molecule has 0 bridgehead atoms. The highest BCUT2D eigenvalue weighted by molar-refractivity contribution is 6.18. The maximum atomic E-state index is 9.53. The molecule has 3 heteroatoms. The third kappa shape index (κ3) is 2.45. The molecule has 0 heterocycles. The van der Waals surface area contributed by atoms with Gasteiger partial charge in [0.25, 0.3) is 0 Å². The minimum Gasteiger partial charge on any atom is -0.389 e. The fourth-order valence-corrected chi connectivity index (χ4v) is 0.134. The first kappa shape index (κ1) is 6.21. The van der Waals surface area contributed by atoms with Crippen molar-refractivity contribution in [1.82, 2.24) is 0 Å². The van der Waals surface area contributed by atoms with Crippen molar-refractivity contribution in [2.24, 2.45) is 0 Å². The minimum absolute atomic E-state index is 0.0451. The molecule has 0 aromatic carbocycles. The summed E-state index contributed by atoms with van der Waals surface area (Å²) >= 11 is 5.00. The maximum Gasteiger partial charge on any atom is 0.109 e. The van der Waals surface area contributed by atoms with Crippen LogP contribution in [-0.2, 0) is 5.11 Å². The van der Waals surface area contributed by atoms with E-state index in [1.807, 2.05) is 0 Å². The maximum absolute atomic E-state index is 9.53. The lowest BCUT2D eigenvalue weighted by molar-refractivity contribution is 0.0693. The first-order valence-corrected chi connectivity index (χ1v) is 2.17. The lowest BCUT2D eigenvalue weighted by Gasteiger charge is -1.93. The van der Waals surface area contributed by atoms with E-state index in [-0.39, 0.29) is 5.88 Å². The Bertz CT molecular complexity index is 28.0. The van der Waals surface area contributed by atoms with Crippen molar-refractivity contribution >= 4 is 11.6 Å². The van der Waals surface area contributed by atoms with Crippen molar-refractivity contribution in [3.05, 3.63) is 0 Å². The molecule has 2 nitrogen and oxygen atoms in total. The van der Waals surface area contributed by atoms with Gasteiger partial charge in [0.05, 0.1) is 12.0 Å². The molecular weight excluding hydrogens is 103 g/mol. The fourth-order valence-electron chi connectivity index (χ4n) is 0.0445. The van der Waals surface area contributed by atoms with Crippen LogP contribution in [0.1, 0.15) is 0 Å². The van der Waals surface area contributed by atoms with Crippen molar-refractivity contribution in [2.75, 3.05) is 12.5 Å². The first-order chi connectivity index (χ1) is 2.81. The molecule has 0 aromatic rings. The summed E-state index contributed by atoms with van der Waals surface area (Å²) in [4.78, 5) is 0. The van der Waals surface area contributed by atoms with Crippen molar-refractivity contribution in [2.45, 2.75) is 6.10 Å². The van der Waals surface area contributed by atoms with Crippen LogP contribution in [-0.4, -0.2) is 23.7 Å². The number of aliphatic hydroxyl groups excluding tert-OH is 1. The summed E-state index contributed by atoms with van der Waals surface area (Å²) in [6.45, 7) is -0.497. The highest BCUT2D eigenvalue weighted by atomic mass is 35.5. The van der Waals surface area contributed by atoms with Gasteiger partial charge in [-0.25, -0.2) is 5.11 Å². The zero-order valence-electron chi connectivity index (χ0n) is 3.22. The Morgan fingerprint density at radius 2 is 2.33 bits per heavy atom. The zero-order valence-corrected chi connectivity index (χ0v) is 3.98. The monoisotopic (exact) mass is 109 g/mol. The summed E-state index contributed by atoms with van der Waals surface area (Å²) in [6, 6.07) is 0. The Morgan fingerprint density at radius 1 is 1.83 bits per heavy atom. The molecule has 0 rings (SSSR count). The second kappa shape index (κ2) is 3.40. The van der Waals surface area contributed by atoms with Crippen molar-refractivity contribution < 1.29 is 10.2 Å². The molecule has 0 saturated heterocycles. The third-order valence-corrected chi connectivity index (χ3v) is 0.727.